The first kappa shape index (κ1) is 22.4. The van der Waals surface area contributed by atoms with Gasteiger partial charge >= 0.3 is 0 Å². The Morgan fingerprint density at radius 3 is 2.06 bits per heavy atom. The molecule has 0 spiro atoms. The highest BCUT2D eigenvalue weighted by Gasteiger charge is 2.54. The number of phenolic OH excluding ortho intramolecular Hbond substituents is 1. The first-order valence-electron chi connectivity index (χ1n) is 13.2. The predicted octanol–water partition coefficient (Wildman–Crippen LogP) is 4.19. The van der Waals surface area contributed by atoms with Crippen molar-refractivity contribution in [3.63, 3.8) is 0 Å². The van der Waals surface area contributed by atoms with Crippen LogP contribution in [0, 0.1) is 23.2 Å². The third-order valence-electron chi connectivity index (χ3n) is 8.96. The van der Waals surface area contributed by atoms with Gasteiger partial charge in [-0.25, -0.2) is 0 Å². The van der Waals surface area contributed by atoms with Crippen molar-refractivity contribution in [2.75, 3.05) is 31.1 Å². The van der Waals surface area contributed by atoms with E-state index in [2.05, 4.69) is 10.2 Å². The molecule has 0 radical (unpaired) electrons. The summed E-state index contributed by atoms with van der Waals surface area (Å²) in [5, 5.41) is 13.3. The molecular weight excluding hydrogens is 438 g/mol. The van der Waals surface area contributed by atoms with Crippen LogP contribution in [0.5, 0.6) is 5.75 Å². The molecular formula is C29H35N3O3. The number of nitrogens with zero attached hydrogens (tertiary/aromatic N) is 2. The van der Waals surface area contributed by atoms with Crippen LogP contribution in [0.4, 0.5) is 5.69 Å². The Morgan fingerprint density at radius 2 is 1.46 bits per heavy atom. The second-order valence-corrected chi connectivity index (χ2v) is 11.3. The maximum atomic E-state index is 13.2. The van der Waals surface area contributed by atoms with Gasteiger partial charge in [-0.3, -0.25) is 9.59 Å². The quantitative estimate of drug-likeness (QED) is 0.683. The minimum atomic E-state index is -0.122. The summed E-state index contributed by atoms with van der Waals surface area (Å²) in [5.74, 6) is 2.84. The van der Waals surface area contributed by atoms with E-state index >= 15 is 0 Å². The fraction of sp³-hybridized carbons (Fsp3) is 0.517. The first-order chi connectivity index (χ1) is 17.0. The highest BCUT2D eigenvalue weighted by atomic mass is 16.3. The third-order valence-corrected chi connectivity index (χ3v) is 8.96. The van der Waals surface area contributed by atoms with Crippen LogP contribution in [-0.4, -0.2) is 48.0 Å². The number of rotatable bonds is 5. The number of benzene rings is 2. The lowest BCUT2D eigenvalue weighted by Gasteiger charge is -2.55. The van der Waals surface area contributed by atoms with E-state index in [1.807, 2.05) is 47.4 Å². The normalized spacial score (nSPS) is 29.3. The molecule has 35 heavy (non-hydrogen) atoms. The smallest absolute Gasteiger partial charge is 0.253 e. The summed E-state index contributed by atoms with van der Waals surface area (Å²) in [5.41, 5.74) is 2.41. The zero-order chi connectivity index (χ0) is 24.0. The van der Waals surface area contributed by atoms with E-state index < -0.39 is 0 Å². The van der Waals surface area contributed by atoms with Crippen LogP contribution < -0.4 is 10.2 Å². The number of carbonyl (C=O) groups excluding carboxylic acids is 2. The summed E-state index contributed by atoms with van der Waals surface area (Å²) < 4.78 is 0. The topological polar surface area (TPSA) is 72.9 Å². The number of phenols is 1. The van der Waals surface area contributed by atoms with E-state index in [4.69, 9.17) is 0 Å². The Kier molecular flexibility index (Phi) is 5.70. The Bertz CT molecular complexity index is 1070. The van der Waals surface area contributed by atoms with Gasteiger partial charge in [-0.1, -0.05) is 24.3 Å². The molecule has 7 rings (SSSR count). The standard InChI is InChI=1S/C29H35N3O3/c33-26-4-2-1-3-25(26)31-9-11-32(12-10-31)27(34)24-7-5-20(6-8-24)19-30-28(35)29-16-21-13-22(17-29)15-23(14-21)18-29/h1-8,21-23,33H,9-19H2,(H,30,35). The van der Waals surface area contributed by atoms with Gasteiger partial charge in [0.1, 0.15) is 5.75 Å². The average molecular weight is 474 g/mol. The minimum absolute atomic E-state index is 0.0334. The molecule has 4 bridgehead atoms. The average Bonchev–Trinajstić information content (AvgIpc) is 2.87. The molecule has 5 fully saturated rings. The summed E-state index contributed by atoms with van der Waals surface area (Å²) >= 11 is 0. The number of hydrogen-bond acceptors (Lipinski definition) is 4. The molecule has 4 saturated carbocycles. The molecule has 1 saturated heterocycles. The van der Waals surface area contributed by atoms with Crippen molar-refractivity contribution in [2.45, 2.75) is 45.1 Å². The molecule has 2 N–H and O–H groups in total. The summed E-state index contributed by atoms with van der Waals surface area (Å²) in [6.45, 7) is 3.15. The van der Waals surface area contributed by atoms with Crippen molar-refractivity contribution in [2.24, 2.45) is 23.2 Å². The minimum Gasteiger partial charge on any atom is -0.506 e. The lowest BCUT2D eigenvalue weighted by molar-refractivity contribution is -0.146. The van der Waals surface area contributed by atoms with Crippen LogP contribution in [0.15, 0.2) is 48.5 Å². The number of para-hydroxylation sites is 2. The Labute approximate surface area is 207 Å². The van der Waals surface area contributed by atoms with Gasteiger partial charge in [0.25, 0.3) is 5.91 Å². The molecule has 5 aliphatic rings. The molecule has 0 unspecified atom stereocenters. The maximum Gasteiger partial charge on any atom is 0.253 e. The second-order valence-electron chi connectivity index (χ2n) is 11.3. The molecule has 184 valence electrons. The largest absolute Gasteiger partial charge is 0.506 e. The summed E-state index contributed by atoms with van der Waals surface area (Å²) in [4.78, 5) is 30.2. The molecule has 6 nitrogen and oxygen atoms in total. The number of piperazine rings is 1. The van der Waals surface area contributed by atoms with Crippen molar-refractivity contribution in [3.05, 3.63) is 59.7 Å². The summed E-state index contributed by atoms with van der Waals surface area (Å²) in [6, 6.07) is 15.0. The predicted molar refractivity (Wildman–Crippen MR) is 135 cm³/mol. The zero-order valence-corrected chi connectivity index (χ0v) is 20.3. The van der Waals surface area contributed by atoms with Gasteiger partial charge in [0.15, 0.2) is 0 Å². The van der Waals surface area contributed by atoms with Crippen LogP contribution in [0.25, 0.3) is 0 Å². The molecule has 1 aliphatic heterocycles. The van der Waals surface area contributed by atoms with Crippen molar-refractivity contribution in [1.82, 2.24) is 10.2 Å². The molecule has 2 aromatic rings. The maximum absolute atomic E-state index is 13.2. The number of anilines is 1. The van der Waals surface area contributed by atoms with E-state index in [9.17, 15) is 14.7 Å². The van der Waals surface area contributed by atoms with Gasteiger partial charge < -0.3 is 20.2 Å². The summed E-state index contributed by atoms with van der Waals surface area (Å²) in [6.07, 6.45) is 7.25. The van der Waals surface area contributed by atoms with Crippen LogP contribution in [0.2, 0.25) is 0 Å². The van der Waals surface area contributed by atoms with Crippen molar-refractivity contribution < 1.29 is 14.7 Å². The van der Waals surface area contributed by atoms with Crippen LogP contribution in [-0.2, 0) is 11.3 Å². The SMILES string of the molecule is O=C(c1ccc(CNC(=O)C23CC4CC(CC(C4)C2)C3)cc1)N1CCN(c2ccccc2O)CC1. The van der Waals surface area contributed by atoms with Crippen molar-refractivity contribution in [3.8, 4) is 5.75 Å². The van der Waals surface area contributed by atoms with Crippen LogP contribution in [0.1, 0.15) is 54.4 Å². The van der Waals surface area contributed by atoms with E-state index in [0.717, 1.165) is 48.3 Å². The van der Waals surface area contributed by atoms with Gasteiger partial charge in [0.2, 0.25) is 5.91 Å². The van der Waals surface area contributed by atoms with Gasteiger partial charge in [0, 0.05) is 43.7 Å². The number of hydrogen-bond donors (Lipinski definition) is 2. The Morgan fingerprint density at radius 1 is 0.857 bits per heavy atom. The van der Waals surface area contributed by atoms with Gasteiger partial charge in [-0.15, -0.1) is 0 Å². The lowest BCUT2D eigenvalue weighted by Crippen LogP contribution is -2.53. The van der Waals surface area contributed by atoms with E-state index in [-0.39, 0.29) is 23.0 Å². The highest BCUT2D eigenvalue weighted by Crippen LogP contribution is 2.60. The monoisotopic (exact) mass is 473 g/mol. The number of aromatic hydroxyl groups is 1. The fourth-order valence-electron chi connectivity index (χ4n) is 7.59. The van der Waals surface area contributed by atoms with Gasteiger partial charge in [-0.05, 0) is 86.1 Å². The molecule has 0 aromatic heterocycles. The van der Waals surface area contributed by atoms with Gasteiger partial charge in [-0.2, -0.15) is 0 Å². The van der Waals surface area contributed by atoms with Crippen molar-refractivity contribution in [1.29, 1.82) is 0 Å². The third kappa shape index (κ3) is 4.28. The van der Waals surface area contributed by atoms with E-state index in [1.54, 1.807) is 6.07 Å². The molecule has 6 heteroatoms. The zero-order valence-electron chi connectivity index (χ0n) is 20.3. The summed E-state index contributed by atoms with van der Waals surface area (Å²) in [7, 11) is 0. The fourth-order valence-corrected chi connectivity index (χ4v) is 7.59. The van der Waals surface area contributed by atoms with Crippen LogP contribution >= 0.6 is 0 Å². The number of nitrogens with one attached hydrogen (secondary N) is 1. The molecule has 4 aliphatic carbocycles. The molecule has 0 atom stereocenters. The first-order valence-corrected chi connectivity index (χ1v) is 13.2. The van der Waals surface area contributed by atoms with Crippen molar-refractivity contribution >= 4 is 17.5 Å². The Hall–Kier alpha value is -3.02. The second kappa shape index (κ2) is 8.89. The lowest BCUT2D eigenvalue weighted by atomic mass is 9.49. The highest BCUT2D eigenvalue weighted by molar-refractivity contribution is 5.94. The van der Waals surface area contributed by atoms with Crippen LogP contribution in [0.3, 0.4) is 0 Å². The van der Waals surface area contributed by atoms with Gasteiger partial charge in [0.05, 0.1) is 5.69 Å². The molecule has 2 aromatic carbocycles. The number of amides is 2. The van der Waals surface area contributed by atoms with E-state index in [1.165, 1.54) is 19.3 Å². The Balaban J connectivity index is 1.02. The molecule has 1 heterocycles. The van der Waals surface area contributed by atoms with E-state index in [0.29, 0.717) is 38.3 Å². The number of carbonyl (C=O) groups is 2. The molecule has 2 amide bonds.